The molecule has 0 spiro atoms. The number of allylic oxidation sites excluding steroid dienone is 2. The molecule has 5 nitrogen and oxygen atoms in total. The molecule has 1 aliphatic carbocycles. The van der Waals surface area contributed by atoms with E-state index in [1.54, 1.807) is 25.5 Å². The molecule has 1 fully saturated rings. The highest BCUT2D eigenvalue weighted by atomic mass is 16.7. The van der Waals surface area contributed by atoms with E-state index in [4.69, 9.17) is 18.6 Å². The van der Waals surface area contributed by atoms with E-state index in [0.717, 1.165) is 28.7 Å². The SMILES string of the molecule is C=CC[C@H]1C[C@]2(C(C)Cc3ccc(OC)c4occc34)OCOC2=CC1=O. The van der Waals surface area contributed by atoms with Crippen LogP contribution in [0.4, 0.5) is 0 Å². The fourth-order valence-electron chi connectivity index (χ4n) is 4.34. The van der Waals surface area contributed by atoms with Gasteiger partial charge in [-0.1, -0.05) is 19.1 Å². The Morgan fingerprint density at radius 1 is 1.41 bits per heavy atom. The molecular formula is C22H24O5. The monoisotopic (exact) mass is 368 g/mol. The number of ketones is 1. The van der Waals surface area contributed by atoms with Gasteiger partial charge in [-0.05, 0) is 42.9 Å². The van der Waals surface area contributed by atoms with Crippen LogP contribution < -0.4 is 4.74 Å². The maximum Gasteiger partial charge on any atom is 0.189 e. The molecule has 0 bridgehead atoms. The van der Waals surface area contributed by atoms with Crippen LogP contribution in [0.3, 0.4) is 0 Å². The van der Waals surface area contributed by atoms with Crippen molar-refractivity contribution in [3.63, 3.8) is 0 Å². The molecule has 1 aliphatic heterocycles. The first-order valence-corrected chi connectivity index (χ1v) is 9.26. The van der Waals surface area contributed by atoms with Crippen LogP contribution in [-0.2, 0) is 20.7 Å². The lowest BCUT2D eigenvalue weighted by atomic mass is 9.71. The van der Waals surface area contributed by atoms with Gasteiger partial charge >= 0.3 is 0 Å². The molecule has 4 rings (SSSR count). The summed E-state index contributed by atoms with van der Waals surface area (Å²) in [5.74, 6) is 1.50. The zero-order chi connectivity index (χ0) is 19.0. The molecule has 0 radical (unpaired) electrons. The van der Waals surface area contributed by atoms with E-state index in [0.29, 0.717) is 18.6 Å². The van der Waals surface area contributed by atoms with Crippen LogP contribution >= 0.6 is 0 Å². The number of methoxy groups -OCH3 is 1. The molecule has 1 aromatic heterocycles. The Labute approximate surface area is 158 Å². The number of furan rings is 1. The number of ether oxygens (including phenoxy) is 3. The lowest BCUT2D eigenvalue weighted by Crippen LogP contribution is -2.44. The maximum atomic E-state index is 12.4. The van der Waals surface area contributed by atoms with Gasteiger partial charge in [0, 0.05) is 17.4 Å². The molecule has 2 aromatic rings. The highest BCUT2D eigenvalue weighted by Crippen LogP contribution is 2.46. The molecule has 2 aliphatic rings. The first-order valence-electron chi connectivity index (χ1n) is 9.26. The first kappa shape index (κ1) is 17.9. The predicted molar refractivity (Wildman–Crippen MR) is 101 cm³/mol. The van der Waals surface area contributed by atoms with Crippen molar-refractivity contribution in [1.82, 2.24) is 0 Å². The van der Waals surface area contributed by atoms with Gasteiger partial charge in [-0.2, -0.15) is 0 Å². The van der Waals surface area contributed by atoms with Crippen LogP contribution in [0.1, 0.15) is 25.3 Å². The number of carbonyl (C=O) groups excluding carboxylic acids is 1. The van der Waals surface area contributed by atoms with Crippen molar-refractivity contribution in [2.45, 2.75) is 31.8 Å². The smallest absolute Gasteiger partial charge is 0.189 e. The lowest BCUT2D eigenvalue weighted by Gasteiger charge is -2.38. The van der Waals surface area contributed by atoms with Crippen LogP contribution in [0.25, 0.3) is 11.0 Å². The van der Waals surface area contributed by atoms with Crippen LogP contribution in [0, 0.1) is 11.8 Å². The van der Waals surface area contributed by atoms with E-state index < -0.39 is 5.60 Å². The predicted octanol–water partition coefficient (Wildman–Crippen LogP) is 4.41. The van der Waals surface area contributed by atoms with Crippen molar-refractivity contribution in [2.75, 3.05) is 13.9 Å². The second-order valence-electron chi connectivity index (χ2n) is 7.33. The van der Waals surface area contributed by atoms with Crippen molar-refractivity contribution >= 4 is 16.8 Å². The Hall–Kier alpha value is -2.53. The molecule has 3 atom stereocenters. The molecule has 0 N–H and O–H groups in total. The zero-order valence-corrected chi connectivity index (χ0v) is 15.7. The summed E-state index contributed by atoms with van der Waals surface area (Å²) < 4.78 is 22.8. The summed E-state index contributed by atoms with van der Waals surface area (Å²) in [4.78, 5) is 12.4. The van der Waals surface area contributed by atoms with Crippen molar-refractivity contribution in [3.05, 3.63) is 54.5 Å². The summed E-state index contributed by atoms with van der Waals surface area (Å²) in [5.41, 5.74) is 1.34. The van der Waals surface area contributed by atoms with Crippen molar-refractivity contribution in [3.8, 4) is 5.75 Å². The molecule has 142 valence electrons. The quantitative estimate of drug-likeness (QED) is 0.707. The Morgan fingerprint density at radius 3 is 3.04 bits per heavy atom. The summed E-state index contributed by atoms with van der Waals surface area (Å²) in [6.07, 6.45) is 7.15. The molecule has 1 aromatic carbocycles. The summed E-state index contributed by atoms with van der Waals surface area (Å²) in [5, 5.41) is 1.04. The molecule has 2 heterocycles. The highest BCUT2D eigenvalue weighted by Gasteiger charge is 2.51. The third-order valence-electron chi connectivity index (χ3n) is 5.84. The van der Waals surface area contributed by atoms with E-state index in [-0.39, 0.29) is 24.4 Å². The Kier molecular flexibility index (Phi) is 4.56. The van der Waals surface area contributed by atoms with Crippen LogP contribution in [0.5, 0.6) is 5.75 Å². The van der Waals surface area contributed by atoms with E-state index in [9.17, 15) is 4.79 Å². The number of hydrogen-bond acceptors (Lipinski definition) is 5. The van der Waals surface area contributed by atoms with Gasteiger partial charge < -0.3 is 18.6 Å². The average molecular weight is 368 g/mol. The maximum absolute atomic E-state index is 12.4. The van der Waals surface area contributed by atoms with E-state index in [2.05, 4.69) is 19.6 Å². The largest absolute Gasteiger partial charge is 0.493 e. The van der Waals surface area contributed by atoms with E-state index >= 15 is 0 Å². The summed E-state index contributed by atoms with van der Waals surface area (Å²) >= 11 is 0. The number of benzene rings is 1. The second-order valence-corrected chi connectivity index (χ2v) is 7.33. The van der Waals surface area contributed by atoms with Gasteiger partial charge in [-0.15, -0.1) is 6.58 Å². The highest BCUT2D eigenvalue weighted by molar-refractivity contribution is 5.94. The third-order valence-corrected chi connectivity index (χ3v) is 5.84. The zero-order valence-electron chi connectivity index (χ0n) is 15.7. The van der Waals surface area contributed by atoms with E-state index in [1.165, 1.54) is 0 Å². The van der Waals surface area contributed by atoms with Crippen molar-refractivity contribution < 1.29 is 23.4 Å². The van der Waals surface area contributed by atoms with Gasteiger partial charge in [0.15, 0.2) is 23.9 Å². The number of hydrogen-bond donors (Lipinski definition) is 0. The molecule has 0 saturated carbocycles. The van der Waals surface area contributed by atoms with Crippen LogP contribution in [0.2, 0.25) is 0 Å². The lowest BCUT2D eigenvalue weighted by molar-refractivity contribution is -0.123. The van der Waals surface area contributed by atoms with Gasteiger partial charge in [0.1, 0.15) is 11.4 Å². The van der Waals surface area contributed by atoms with Crippen molar-refractivity contribution in [2.24, 2.45) is 11.8 Å². The fourth-order valence-corrected chi connectivity index (χ4v) is 4.34. The third kappa shape index (κ3) is 2.86. The van der Waals surface area contributed by atoms with Gasteiger partial charge in [-0.25, -0.2) is 0 Å². The molecule has 0 amide bonds. The minimum atomic E-state index is -0.572. The molecule has 1 saturated heterocycles. The normalized spacial score (nSPS) is 25.6. The molecule has 5 heteroatoms. The summed E-state index contributed by atoms with van der Waals surface area (Å²) in [6.45, 7) is 6.13. The standard InChI is InChI=1S/C22H24O5/c1-4-5-16-12-22(20(11-18(16)23)26-13-27-22)14(2)10-15-6-7-19(24-3)21-17(15)8-9-25-21/h4,6-9,11,14,16H,1,5,10,12-13H2,2-3H3/t14?,16-,22+/m0/s1. The minimum absolute atomic E-state index is 0.0971. The Balaban J connectivity index is 1.67. The minimum Gasteiger partial charge on any atom is -0.493 e. The second kappa shape index (κ2) is 6.89. The van der Waals surface area contributed by atoms with Gasteiger partial charge in [0.05, 0.1) is 13.4 Å². The molecule has 1 unspecified atom stereocenters. The Morgan fingerprint density at radius 2 is 2.26 bits per heavy atom. The molecule has 27 heavy (non-hydrogen) atoms. The fraction of sp³-hybridized carbons (Fsp3) is 0.409. The number of rotatable bonds is 6. The van der Waals surface area contributed by atoms with Gasteiger partial charge in [0.2, 0.25) is 0 Å². The summed E-state index contributed by atoms with van der Waals surface area (Å²) in [7, 11) is 1.64. The summed E-state index contributed by atoms with van der Waals surface area (Å²) in [6, 6.07) is 5.96. The average Bonchev–Trinajstić information content (AvgIpc) is 3.30. The van der Waals surface area contributed by atoms with Crippen LogP contribution in [-0.4, -0.2) is 25.3 Å². The topological polar surface area (TPSA) is 57.9 Å². The van der Waals surface area contributed by atoms with E-state index in [1.807, 2.05) is 12.1 Å². The number of carbonyl (C=O) groups is 1. The number of fused-ring (bicyclic) bond motifs is 2. The van der Waals surface area contributed by atoms with Gasteiger partial charge in [-0.3, -0.25) is 4.79 Å². The molecular weight excluding hydrogens is 344 g/mol. The van der Waals surface area contributed by atoms with Crippen LogP contribution in [0.15, 0.2) is 53.4 Å². The van der Waals surface area contributed by atoms with Gasteiger partial charge in [0.25, 0.3) is 0 Å². The van der Waals surface area contributed by atoms with Crippen molar-refractivity contribution in [1.29, 1.82) is 0 Å². The first-order chi connectivity index (χ1) is 13.1. The Bertz CT molecular complexity index is 909.